The summed E-state index contributed by atoms with van der Waals surface area (Å²) >= 11 is 0. The molecular formula is C16H34N2. The smallest absolute Gasteiger partial charge is 0.0274 e. The lowest BCUT2D eigenvalue weighted by molar-refractivity contribution is 0.0422. The molecule has 108 valence electrons. The number of nitrogens with zero attached hydrogens (tertiary/aromatic N) is 1. The van der Waals surface area contributed by atoms with Crippen LogP contribution in [0.15, 0.2) is 0 Å². The van der Waals surface area contributed by atoms with Crippen molar-refractivity contribution in [1.82, 2.24) is 10.2 Å². The number of hydrogen-bond acceptors (Lipinski definition) is 2. The molecule has 0 heterocycles. The zero-order valence-corrected chi connectivity index (χ0v) is 13.5. The fourth-order valence-corrected chi connectivity index (χ4v) is 3.73. The Morgan fingerprint density at radius 1 is 1.17 bits per heavy atom. The van der Waals surface area contributed by atoms with Gasteiger partial charge in [-0.15, -0.1) is 0 Å². The van der Waals surface area contributed by atoms with Crippen molar-refractivity contribution in [3.63, 3.8) is 0 Å². The first-order valence-corrected chi connectivity index (χ1v) is 7.83. The van der Waals surface area contributed by atoms with Crippen LogP contribution >= 0.6 is 0 Å². The molecule has 5 unspecified atom stereocenters. The molecule has 5 atom stereocenters. The van der Waals surface area contributed by atoms with Gasteiger partial charge in [-0.25, -0.2) is 0 Å². The van der Waals surface area contributed by atoms with Gasteiger partial charge in [-0.05, 0) is 51.1 Å². The molecule has 0 aromatic heterocycles. The van der Waals surface area contributed by atoms with Gasteiger partial charge in [-0.1, -0.05) is 34.6 Å². The van der Waals surface area contributed by atoms with Gasteiger partial charge in [0.25, 0.3) is 0 Å². The maximum Gasteiger partial charge on any atom is 0.0274 e. The van der Waals surface area contributed by atoms with Crippen molar-refractivity contribution in [3.8, 4) is 0 Å². The highest BCUT2D eigenvalue weighted by Crippen LogP contribution is 2.33. The monoisotopic (exact) mass is 254 g/mol. The van der Waals surface area contributed by atoms with E-state index in [-0.39, 0.29) is 0 Å². The quantitative estimate of drug-likeness (QED) is 0.809. The summed E-state index contributed by atoms with van der Waals surface area (Å²) in [5.74, 6) is 2.39. The Morgan fingerprint density at radius 2 is 1.78 bits per heavy atom. The van der Waals surface area contributed by atoms with E-state index in [4.69, 9.17) is 0 Å². The molecular weight excluding hydrogens is 220 g/mol. The second-order valence-electron chi connectivity index (χ2n) is 6.86. The Bertz CT molecular complexity index is 237. The molecule has 1 fully saturated rings. The first-order valence-electron chi connectivity index (χ1n) is 7.83. The molecule has 0 amide bonds. The molecule has 1 aliphatic carbocycles. The fraction of sp³-hybridized carbons (Fsp3) is 1.00. The minimum Gasteiger partial charge on any atom is -0.313 e. The summed E-state index contributed by atoms with van der Waals surface area (Å²) in [4.78, 5) is 2.63. The summed E-state index contributed by atoms with van der Waals surface area (Å²) in [6.07, 6.45) is 2.71. The Hall–Kier alpha value is -0.0800. The van der Waals surface area contributed by atoms with E-state index in [9.17, 15) is 0 Å². The lowest BCUT2D eigenvalue weighted by atomic mass is 9.75. The standard InChI is InChI=1S/C16H34N2/c1-8-17-15-10-12(4)9-13(5)16(15)18(7)14(6)11(2)3/h11-17H,8-10H2,1-7H3. The largest absolute Gasteiger partial charge is 0.313 e. The molecule has 0 saturated heterocycles. The van der Waals surface area contributed by atoms with E-state index in [0.717, 1.165) is 24.3 Å². The molecule has 0 aromatic carbocycles. The van der Waals surface area contributed by atoms with Gasteiger partial charge < -0.3 is 5.32 Å². The second-order valence-corrected chi connectivity index (χ2v) is 6.86. The summed E-state index contributed by atoms with van der Waals surface area (Å²) in [6, 6.07) is 2.02. The topological polar surface area (TPSA) is 15.3 Å². The van der Waals surface area contributed by atoms with E-state index in [2.05, 4.69) is 58.8 Å². The molecule has 1 saturated carbocycles. The predicted octanol–water partition coefficient (Wildman–Crippen LogP) is 3.38. The van der Waals surface area contributed by atoms with Crippen molar-refractivity contribution < 1.29 is 0 Å². The van der Waals surface area contributed by atoms with E-state index in [1.165, 1.54) is 12.8 Å². The summed E-state index contributed by atoms with van der Waals surface area (Å²) in [5, 5.41) is 3.73. The third-order valence-electron chi connectivity index (χ3n) is 4.97. The predicted molar refractivity (Wildman–Crippen MR) is 80.9 cm³/mol. The van der Waals surface area contributed by atoms with Crippen molar-refractivity contribution in [3.05, 3.63) is 0 Å². The maximum atomic E-state index is 3.73. The molecule has 2 nitrogen and oxygen atoms in total. The van der Waals surface area contributed by atoms with E-state index in [0.29, 0.717) is 18.1 Å². The summed E-state index contributed by atoms with van der Waals surface area (Å²) in [6.45, 7) is 15.2. The first kappa shape index (κ1) is 16.0. The molecule has 1 N–H and O–H groups in total. The van der Waals surface area contributed by atoms with Gasteiger partial charge in [0.1, 0.15) is 0 Å². The van der Waals surface area contributed by atoms with Crippen LogP contribution in [-0.4, -0.2) is 36.6 Å². The lowest BCUT2D eigenvalue weighted by Crippen LogP contribution is -2.58. The van der Waals surface area contributed by atoms with Crippen molar-refractivity contribution in [2.75, 3.05) is 13.6 Å². The lowest BCUT2D eigenvalue weighted by Gasteiger charge is -2.47. The van der Waals surface area contributed by atoms with Crippen LogP contribution in [0.25, 0.3) is 0 Å². The summed E-state index contributed by atoms with van der Waals surface area (Å²) in [7, 11) is 2.33. The molecule has 1 rings (SSSR count). The van der Waals surface area contributed by atoms with Gasteiger partial charge in [0, 0.05) is 18.1 Å². The van der Waals surface area contributed by atoms with Crippen molar-refractivity contribution in [2.45, 2.75) is 72.5 Å². The van der Waals surface area contributed by atoms with Crippen molar-refractivity contribution in [2.24, 2.45) is 17.8 Å². The normalized spacial score (nSPS) is 35.2. The van der Waals surface area contributed by atoms with E-state index in [1.807, 2.05) is 0 Å². The maximum absolute atomic E-state index is 3.73. The Kier molecular flexibility index (Phi) is 6.13. The van der Waals surface area contributed by atoms with Crippen LogP contribution < -0.4 is 5.32 Å². The second kappa shape index (κ2) is 6.91. The zero-order valence-electron chi connectivity index (χ0n) is 13.5. The Balaban J connectivity index is 2.79. The SMILES string of the molecule is CCNC1CC(C)CC(C)C1N(C)C(C)C(C)C. The number of nitrogens with one attached hydrogen (secondary N) is 1. The van der Waals surface area contributed by atoms with Crippen molar-refractivity contribution >= 4 is 0 Å². The minimum atomic E-state index is 0.659. The van der Waals surface area contributed by atoms with E-state index >= 15 is 0 Å². The van der Waals surface area contributed by atoms with Crippen LogP contribution in [0.4, 0.5) is 0 Å². The van der Waals surface area contributed by atoms with Gasteiger partial charge in [-0.3, -0.25) is 4.90 Å². The van der Waals surface area contributed by atoms with Crippen LogP contribution in [0, 0.1) is 17.8 Å². The molecule has 0 bridgehead atoms. The third-order valence-corrected chi connectivity index (χ3v) is 4.97. The minimum absolute atomic E-state index is 0.659. The Morgan fingerprint density at radius 3 is 2.28 bits per heavy atom. The molecule has 0 aliphatic heterocycles. The van der Waals surface area contributed by atoms with Crippen LogP contribution in [0.1, 0.15) is 54.4 Å². The van der Waals surface area contributed by atoms with E-state index in [1.54, 1.807) is 0 Å². The summed E-state index contributed by atoms with van der Waals surface area (Å²) < 4.78 is 0. The van der Waals surface area contributed by atoms with Crippen LogP contribution in [0.5, 0.6) is 0 Å². The number of likely N-dealkylation sites (N-methyl/N-ethyl adjacent to an activating group) is 2. The summed E-state index contributed by atoms with van der Waals surface area (Å²) in [5.41, 5.74) is 0. The van der Waals surface area contributed by atoms with E-state index < -0.39 is 0 Å². The van der Waals surface area contributed by atoms with Crippen molar-refractivity contribution in [1.29, 1.82) is 0 Å². The molecule has 0 spiro atoms. The molecule has 18 heavy (non-hydrogen) atoms. The zero-order chi connectivity index (χ0) is 13.9. The average molecular weight is 254 g/mol. The van der Waals surface area contributed by atoms with Crippen LogP contribution in [0.2, 0.25) is 0 Å². The van der Waals surface area contributed by atoms with Gasteiger partial charge >= 0.3 is 0 Å². The highest BCUT2D eigenvalue weighted by atomic mass is 15.2. The van der Waals surface area contributed by atoms with Gasteiger partial charge in [-0.2, -0.15) is 0 Å². The first-order chi connectivity index (χ1) is 8.38. The molecule has 0 aromatic rings. The Labute approximate surface area is 115 Å². The van der Waals surface area contributed by atoms with Crippen LogP contribution in [-0.2, 0) is 0 Å². The highest BCUT2D eigenvalue weighted by molar-refractivity contribution is 4.94. The number of rotatable bonds is 5. The highest BCUT2D eigenvalue weighted by Gasteiger charge is 2.37. The van der Waals surface area contributed by atoms with Crippen LogP contribution in [0.3, 0.4) is 0 Å². The molecule has 2 heteroatoms. The fourth-order valence-electron chi connectivity index (χ4n) is 3.73. The van der Waals surface area contributed by atoms with Gasteiger partial charge in [0.15, 0.2) is 0 Å². The third kappa shape index (κ3) is 3.71. The average Bonchev–Trinajstić information content (AvgIpc) is 2.26. The molecule has 0 radical (unpaired) electrons. The van der Waals surface area contributed by atoms with Gasteiger partial charge in [0.2, 0.25) is 0 Å². The van der Waals surface area contributed by atoms with Gasteiger partial charge in [0.05, 0.1) is 0 Å². The molecule has 1 aliphatic rings. The number of hydrogen-bond donors (Lipinski definition) is 1.